The first kappa shape index (κ1) is 18.5. The van der Waals surface area contributed by atoms with Gasteiger partial charge >= 0.3 is 6.09 Å². The third kappa shape index (κ3) is 6.24. The van der Waals surface area contributed by atoms with E-state index in [-0.39, 0.29) is 0 Å². The maximum atomic E-state index is 10.7. The number of fused-ring (bicyclic) bond motifs is 1. The number of hydrogen-bond acceptors (Lipinski definition) is 3. The molecule has 3 aliphatic rings. The van der Waals surface area contributed by atoms with Gasteiger partial charge in [0, 0.05) is 16.9 Å². The fraction of sp³-hybridized carbons (Fsp3) is 0.600. The summed E-state index contributed by atoms with van der Waals surface area (Å²) in [6.07, 6.45) is 12.1. The fourth-order valence-electron chi connectivity index (χ4n) is 3.13. The van der Waals surface area contributed by atoms with Gasteiger partial charge in [-0.25, -0.2) is 9.79 Å². The number of aliphatic imine (C=N–C) groups is 1. The van der Waals surface area contributed by atoms with Crippen LogP contribution in [0.2, 0.25) is 0 Å². The van der Waals surface area contributed by atoms with E-state index in [1.807, 2.05) is 6.07 Å². The predicted octanol–water partition coefficient (Wildman–Crippen LogP) is 5.36. The van der Waals surface area contributed by atoms with E-state index < -0.39 is 6.09 Å². The molecule has 1 amide bonds. The number of nitrogens with zero attached hydrogens (tertiary/aromatic N) is 1. The maximum absolute atomic E-state index is 10.7. The van der Waals surface area contributed by atoms with Crippen LogP contribution in [-0.2, 0) is 11.3 Å². The van der Waals surface area contributed by atoms with Crippen LogP contribution in [0.4, 0.5) is 16.2 Å². The first-order valence-electron chi connectivity index (χ1n) is 9.81. The van der Waals surface area contributed by atoms with E-state index in [0.717, 1.165) is 24.1 Å². The Labute approximate surface area is 155 Å². The second kappa shape index (κ2) is 9.46. The molecule has 3 N–H and O–H groups in total. The van der Waals surface area contributed by atoms with Crippen LogP contribution in [0.1, 0.15) is 69.8 Å². The summed E-state index contributed by atoms with van der Waals surface area (Å²) in [4.78, 5) is 15.4. The van der Waals surface area contributed by atoms with Crippen LogP contribution < -0.4 is 10.6 Å². The van der Waals surface area contributed by atoms with Crippen molar-refractivity contribution in [2.45, 2.75) is 76.9 Å². The summed E-state index contributed by atoms with van der Waals surface area (Å²) < 4.78 is 5.70. The van der Waals surface area contributed by atoms with Crippen molar-refractivity contribution in [3.8, 4) is 0 Å². The lowest BCUT2D eigenvalue weighted by Crippen LogP contribution is -2.25. The highest BCUT2D eigenvalue weighted by Crippen LogP contribution is 2.26. The number of hydrogen-bond donors (Lipinski definition) is 3. The number of rotatable bonds is 2. The first-order valence-corrected chi connectivity index (χ1v) is 9.81. The summed E-state index contributed by atoms with van der Waals surface area (Å²) in [5, 5.41) is 14.3. The molecule has 0 bridgehead atoms. The number of nitrogens with one attached hydrogen (secondary N) is 2. The molecule has 1 aliphatic heterocycles. The van der Waals surface area contributed by atoms with Gasteiger partial charge in [-0.1, -0.05) is 51.4 Å². The molecular weight excluding hydrogens is 330 g/mol. The molecule has 2 saturated carbocycles. The topological polar surface area (TPSA) is 83.0 Å². The monoisotopic (exact) mass is 359 g/mol. The molecule has 142 valence electrons. The van der Waals surface area contributed by atoms with E-state index in [1.54, 1.807) is 12.1 Å². The quantitative estimate of drug-likeness (QED) is 0.664. The number of ether oxygens (including phenoxy) is 1. The lowest BCUT2D eigenvalue weighted by Gasteiger charge is -2.23. The third-order valence-corrected chi connectivity index (χ3v) is 4.69. The molecular formula is C20H29N3O3. The molecule has 6 heteroatoms. The van der Waals surface area contributed by atoms with Gasteiger partial charge in [-0.3, -0.25) is 5.32 Å². The van der Waals surface area contributed by atoms with Crippen LogP contribution in [0.3, 0.4) is 0 Å². The normalized spacial score (nSPS) is 21.0. The Hall–Kier alpha value is -2.24. The van der Waals surface area contributed by atoms with Crippen molar-refractivity contribution in [3.05, 3.63) is 23.8 Å². The summed E-state index contributed by atoms with van der Waals surface area (Å²) in [6, 6.07) is 6.30. The predicted molar refractivity (Wildman–Crippen MR) is 104 cm³/mol. The van der Waals surface area contributed by atoms with Crippen molar-refractivity contribution in [3.63, 3.8) is 0 Å². The Bertz CT molecular complexity index is 632. The number of amidine groups is 1. The van der Waals surface area contributed by atoms with Crippen LogP contribution >= 0.6 is 0 Å². The highest BCUT2D eigenvalue weighted by molar-refractivity contribution is 5.92. The van der Waals surface area contributed by atoms with Gasteiger partial charge in [-0.15, -0.1) is 0 Å². The Balaban J connectivity index is 0.000000592. The average molecular weight is 359 g/mol. The fourth-order valence-corrected chi connectivity index (χ4v) is 3.13. The summed E-state index contributed by atoms with van der Waals surface area (Å²) in [7, 11) is 0. The first-order chi connectivity index (χ1) is 12.7. The Kier molecular flexibility index (Phi) is 6.75. The maximum Gasteiger partial charge on any atom is 0.409 e. The SMILES string of the molecule is C1CC1.O=C(O)Nc1ccc2c(c1)COC(=NC1CCCCCCC1)N2. The van der Waals surface area contributed by atoms with E-state index in [2.05, 4.69) is 10.6 Å². The number of amides is 1. The van der Waals surface area contributed by atoms with E-state index in [1.165, 1.54) is 51.4 Å². The largest absolute Gasteiger partial charge is 0.465 e. The second-order valence-electron chi connectivity index (χ2n) is 7.21. The van der Waals surface area contributed by atoms with Crippen molar-refractivity contribution in [1.29, 1.82) is 0 Å². The molecule has 2 aliphatic carbocycles. The van der Waals surface area contributed by atoms with Crippen molar-refractivity contribution in [2.75, 3.05) is 10.6 Å². The summed E-state index contributed by atoms with van der Waals surface area (Å²) >= 11 is 0. The van der Waals surface area contributed by atoms with Crippen LogP contribution in [0, 0.1) is 0 Å². The van der Waals surface area contributed by atoms with Gasteiger partial charge in [-0.05, 0) is 31.0 Å². The van der Waals surface area contributed by atoms with Crippen LogP contribution in [-0.4, -0.2) is 23.3 Å². The number of anilines is 2. The molecule has 0 aromatic heterocycles. The minimum Gasteiger partial charge on any atom is -0.465 e. The molecule has 6 nitrogen and oxygen atoms in total. The van der Waals surface area contributed by atoms with Gasteiger partial charge in [0.05, 0.1) is 6.04 Å². The summed E-state index contributed by atoms with van der Waals surface area (Å²) in [5.74, 6) is 0. The van der Waals surface area contributed by atoms with Gasteiger partial charge in [-0.2, -0.15) is 0 Å². The minimum absolute atomic E-state index is 0.340. The minimum atomic E-state index is -1.07. The van der Waals surface area contributed by atoms with Gasteiger partial charge in [0.1, 0.15) is 6.61 Å². The highest BCUT2D eigenvalue weighted by atomic mass is 16.5. The lowest BCUT2D eigenvalue weighted by atomic mass is 9.97. The number of benzene rings is 1. The second-order valence-corrected chi connectivity index (χ2v) is 7.21. The summed E-state index contributed by atoms with van der Waals surface area (Å²) in [5.41, 5.74) is 2.40. The van der Waals surface area contributed by atoms with Crippen molar-refractivity contribution in [1.82, 2.24) is 0 Å². The van der Waals surface area contributed by atoms with E-state index in [4.69, 9.17) is 14.8 Å². The van der Waals surface area contributed by atoms with Gasteiger partial charge in [0.15, 0.2) is 0 Å². The van der Waals surface area contributed by atoms with Crippen molar-refractivity contribution < 1.29 is 14.6 Å². The zero-order valence-corrected chi connectivity index (χ0v) is 15.3. The van der Waals surface area contributed by atoms with Crippen molar-refractivity contribution >= 4 is 23.5 Å². The van der Waals surface area contributed by atoms with E-state index >= 15 is 0 Å². The number of carbonyl (C=O) groups is 1. The molecule has 0 unspecified atom stereocenters. The van der Waals surface area contributed by atoms with Crippen LogP contribution in [0.25, 0.3) is 0 Å². The van der Waals surface area contributed by atoms with Gasteiger partial charge in [0.2, 0.25) is 0 Å². The Morgan fingerprint density at radius 3 is 2.38 bits per heavy atom. The van der Waals surface area contributed by atoms with E-state index in [9.17, 15) is 4.79 Å². The van der Waals surface area contributed by atoms with Gasteiger partial charge < -0.3 is 15.2 Å². The molecule has 0 radical (unpaired) electrons. The third-order valence-electron chi connectivity index (χ3n) is 4.69. The Morgan fingerprint density at radius 1 is 1.08 bits per heavy atom. The zero-order chi connectivity index (χ0) is 18.2. The van der Waals surface area contributed by atoms with Gasteiger partial charge in [0.25, 0.3) is 6.02 Å². The summed E-state index contributed by atoms with van der Waals surface area (Å²) in [6.45, 7) is 0.406. The molecule has 2 fully saturated rings. The molecule has 0 spiro atoms. The number of carboxylic acid groups (broad SMARTS) is 1. The standard InChI is InChI=1S/C17H23N3O3.C3H6/c21-17(22)19-14-8-9-15-12(10-14)11-23-16(20-15)18-13-6-4-2-1-3-5-7-13;1-2-3-1/h8-10,13,19H,1-7,11H2,(H,18,20)(H,21,22);1-3H2. The average Bonchev–Trinajstić information content (AvgIpc) is 3.46. The Morgan fingerprint density at radius 2 is 1.73 bits per heavy atom. The molecule has 4 rings (SSSR count). The zero-order valence-electron chi connectivity index (χ0n) is 15.3. The smallest absolute Gasteiger partial charge is 0.409 e. The lowest BCUT2D eigenvalue weighted by molar-refractivity contribution is 0.209. The molecule has 1 aromatic rings. The van der Waals surface area contributed by atoms with Crippen LogP contribution in [0.5, 0.6) is 0 Å². The molecule has 0 atom stereocenters. The van der Waals surface area contributed by atoms with E-state index in [0.29, 0.717) is 24.4 Å². The molecule has 26 heavy (non-hydrogen) atoms. The molecule has 1 heterocycles. The highest BCUT2D eigenvalue weighted by Gasteiger charge is 2.18. The molecule has 1 aromatic carbocycles. The molecule has 0 saturated heterocycles. The van der Waals surface area contributed by atoms with Crippen molar-refractivity contribution in [2.24, 2.45) is 4.99 Å². The van der Waals surface area contributed by atoms with Crippen LogP contribution in [0.15, 0.2) is 23.2 Å².